The van der Waals surface area contributed by atoms with E-state index >= 15 is 0 Å². The molecule has 0 fully saturated rings. The first-order valence-electron chi connectivity index (χ1n) is 6.99. The molecule has 1 aromatic heterocycles. The molecule has 0 saturated heterocycles. The molecule has 1 amide bonds. The number of hydrogen-bond donors (Lipinski definition) is 0. The number of nitrogens with zero attached hydrogens (tertiary/aromatic N) is 2. The molecule has 0 saturated carbocycles. The minimum absolute atomic E-state index is 0.0767. The Hall–Kier alpha value is -2.77. The van der Waals surface area contributed by atoms with Crippen molar-refractivity contribution in [3.8, 4) is 5.75 Å². The van der Waals surface area contributed by atoms with Crippen LogP contribution in [0.25, 0.3) is 0 Å². The number of rotatable bonds is 5. The molecule has 24 heavy (non-hydrogen) atoms. The Labute approximate surface area is 135 Å². The van der Waals surface area contributed by atoms with Gasteiger partial charge in [-0.3, -0.25) is 9.59 Å². The van der Waals surface area contributed by atoms with Gasteiger partial charge in [-0.15, -0.1) is 13.2 Å². The molecule has 0 unspecified atom stereocenters. The van der Waals surface area contributed by atoms with Crippen molar-refractivity contribution in [3.05, 3.63) is 64.6 Å². The lowest BCUT2D eigenvalue weighted by atomic mass is 10.2. The van der Waals surface area contributed by atoms with E-state index in [-0.39, 0.29) is 30.0 Å². The van der Waals surface area contributed by atoms with E-state index in [0.29, 0.717) is 0 Å². The second-order valence-corrected chi connectivity index (χ2v) is 5.07. The van der Waals surface area contributed by atoms with E-state index in [0.717, 1.165) is 0 Å². The largest absolute Gasteiger partial charge is 0.573 e. The Morgan fingerprint density at radius 1 is 1.17 bits per heavy atom. The van der Waals surface area contributed by atoms with E-state index in [9.17, 15) is 22.8 Å². The summed E-state index contributed by atoms with van der Waals surface area (Å²) in [7, 11) is 1.45. The van der Waals surface area contributed by atoms with Crippen molar-refractivity contribution < 1.29 is 22.7 Å². The smallest absolute Gasteiger partial charge is 0.405 e. The molecule has 2 aromatic rings. The monoisotopic (exact) mass is 340 g/mol. The number of alkyl halides is 3. The van der Waals surface area contributed by atoms with Crippen LogP contribution in [0.2, 0.25) is 0 Å². The number of aromatic nitrogens is 1. The summed E-state index contributed by atoms with van der Waals surface area (Å²) in [5.74, 6) is -0.772. The Morgan fingerprint density at radius 2 is 1.83 bits per heavy atom. The van der Waals surface area contributed by atoms with Crippen LogP contribution in [-0.2, 0) is 17.9 Å². The molecular weight excluding hydrogens is 325 g/mol. The van der Waals surface area contributed by atoms with Crippen LogP contribution < -0.4 is 10.3 Å². The van der Waals surface area contributed by atoms with Gasteiger partial charge in [0.1, 0.15) is 12.3 Å². The summed E-state index contributed by atoms with van der Waals surface area (Å²) in [4.78, 5) is 25.0. The summed E-state index contributed by atoms with van der Waals surface area (Å²) < 4.78 is 42.4. The minimum atomic E-state index is -4.81. The average molecular weight is 340 g/mol. The van der Waals surface area contributed by atoms with E-state index < -0.39 is 12.3 Å². The molecule has 0 bridgehead atoms. The molecular formula is C16H15F3N2O3. The SMILES string of the molecule is CN(Cc1ccccc1OC(F)(F)F)C(=O)Cn1ccccc1=O. The summed E-state index contributed by atoms with van der Waals surface area (Å²) in [6, 6.07) is 10.1. The maximum absolute atomic E-state index is 12.4. The molecule has 5 nitrogen and oxygen atoms in total. The van der Waals surface area contributed by atoms with Crippen LogP contribution >= 0.6 is 0 Å². The van der Waals surface area contributed by atoms with Crippen LogP contribution in [-0.4, -0.2) is 28.8 Å². The normalized spacial score (nSPS) is 11.2. The molecule has 0 aliphatic heterocycles. The third kappa shape index (κ3) is 4.87. The number of para-hydroxylation sites is 1. The Bertz CT molecular complexity index is 771. The van der Waals surface area contributed by atoms with E-state index in [2.05, 4.69) is 4.74 Å². The van der Waals surface area contributed by atoms with Gasteiger partial charge in [0.25, 0.3) is 5.56 Å². The van der Waals surface area contributed by atoms with Crippen LogP contribution in [0.3, 0.4) is 0 Å². The summed E-state index contributed by atoms with van der Waals surface area (Å²) in [6.07, 6.45) is -3.34. The lowest BCUT2D eigenvalue weighted by molar-refractivity contribution is -0.275. The minimum Gasteiger partial charge on any atom is -0.405 e. The number of hydrogen-bond acceptors (Lipinski definition) is 3. The van der Waals surface area contributed by atoms with Crippen molar-refractivity contribution in [2.75, 3.05) is 7.05 Å². The molecule has 8 heteroatoms. The Balaban J connectivity index is 2.09. The molecule has 1 aromatic carbocycles. The highest BCUT2D eigenvalue weighted by Gasteiger charge is 2.32. The second-order valence-electron chi connectivity index (χ2n) is 5.07. The van der Waals surface area contributed by atoms with Gasteiger partial charge >= 0.3 is 6.36 Å². The van der Waals surface area contributed by atoms with E-state index in [4.69, 9.17) is 0 Å². The fraction of sp³-hybridized carbons (Fsp3) is 0.250. The van der Waals surface area contributed by atoms with Gasteiger partial charge in [0.2, 0.25) is 5.91 Å². The van der Waals surface area contributed by atoms with E-state index in [1.165, 1.54) is 47.0 Å². The zero-order valence-electron chi connectivity index (χ0n) is 12.8. The van der Waals surface area contributed by atoms with Crippen molar-refractivity contribution in [2.24, 2.45) is 0 Å². The van der Waals surface area contributed by atoms with Gasteiger partial charge in [0.15, 0.2) is 0 Å². The molecule has 2 rings (SSSR count). The number of pyridine rings is 1. The van der Waals surface area contributed by atoms with E-state index in [1.807, 2.05) is 0 Å². The van der Waals surface area contributed by atoms with Crippen molar-refractivity contribution >= 4 is 5.91 Å². The number of benzene rings is 1. The molecule has 0 aliphatic carbocycles. The zero-order chi connectivity index (χ0) is 17.7. The van der Waals surface area contributed by atoms with Crippen molar-refractivity contribution in [2.45, 2.75) is 19.5 Å². The first-order valence-corrected chi connectivity index (χ1v) is 6.99. The van der Waals surface area contributed by atoms with Crippen molar-refractivity contribution in [1.82, 2.24) is 9.47 Å². The topological polar surface area (TPSA) is 51.5 Å². The summed E-state index contributed by atoms with van der Waals surface area (Å²) in [5, 5.41) is 0. The third-order valence-corrected chi connectivity index (χ3v) is 3.24. The fourth-order valence-corrected chi connectivity index (χ4v) is 2.06. The maximum atomic E-state index is 12.4. The third-order valence-electron chi connectivity index (χ3n) is 3.24. The van der Waals surface area contributed by atoms with Gasteiger partial charge in [0, 0.05) is 31.4 Å². The summed E-state index contributed by atoms with van der Waals surface area (Å²) in [6.45, 7) is -0.273. The lowest BCUT2D eigenvalue weighted by Crippen LogP contribution is -2.33. The standard InChI is InChI=1S/C16H15F3N2O3/c1-20(15(23)11-21-9-5-4-8-14(21)22)10-12-6-2-3-7-13(12)24-16(17,18)19/h2-9H,10-11H2,1H3. The van der Waals surface area contributed by atoms with Crippen LogP contribution in [0, 0.1) is 0 Å². The second kappa shape index (κ2) is 7.20. The number of halogens is 3. The molecule has 0 atom stereocenters. The number of likely N-dealkylation sites (N-methyl/N-ethyl adjacent to an activating group) is 1. The van der Waals surface area contributed by atoms with Gasteiger partial charge in [-0.05, 0) is 12.1 Å². The van der Waals surface area contributed by atoms with Crippen LogP contribution in [0.4, 0.5) is 13.2 Å². The zero-order valence-corrected chi connectivity index (χ0v) is 12.8. The number of carbonyl (C=O) groups is 1. The Kier molecular flexibility index (Phi) is 5.28. The van der Waals surface area contributed by atoms with Crippen molar-refractivity contribution in [3.63, 3.8) is 0 Å². The van der Waals surface area contributed by atoms with Crippen LogP contribution in [0.1, 0.15) is 5.56 Å². The molecule has 0 spiro atoms. The van der Waals surface area contributed by atoms with Gasteiger partial charge in [-0.25, -0.2) is 0 Å². The molecule has 0 N–H and O–H groups in total. The highest BCUT2D eigenvalue weighted by Crippen LogP contribution is 2.26. The Morgan fingerprint density at radius 3 is 2.50 bits per heavy atom. The predicted molar refractivity (Wildman–Crippen MR) is 80.3 cm³/mol. The molecule has 0 aliphatic rings. The van der Waals surface area contributed by atoms with Gasteiger partial charge < -0.3 is 14.2 Å². The number of carbonyl (C=O) groups excluding carboxylic acids is 1. The maximum Gasteiger partial charge on any atom is 0.573 e. The van der Waals surface area contributed by atoms with Crippen molar-refractivity contribution in [1.29, 1.82) is 0 Å². The molecule has 1 heterocycles. The van der Waals surface area contributed by atoms with E-state index in [1.54, 1.807) is 18.2 Å². The summed E-state index contributed by atoms with van der Waals surface area (Å²) >= 11 is 0. The average Bonchev–Trinajstić information content (AvgIpc) is 2.50. The van der Waals surface area contributed by atoms with Gasteiger partial charge in [-0.2, -0.15) is 0 Å². The fourth-order valence-electron chi connectivity index (χ4n) is 2.06. The van der Waals surface area contributed by atoms with Crippen LogP contribution in [0.5, 0.6) is 5.75 Å². The molecule has 0 radical (unpaired) electrons. The quantitative estimate of drug-likeness (QED) is 0.840. The first-order chi connectivity index (χ1) is 11.3. The lowest BCUT2D eigenvalue weighted by Gasteiger charge is -2.20. The van der Waals surface area contributed by atoms with Gasteiger partial charge in [-0.1, -0.05) is 24.3 Å². The number of amides is 1. The number of ether oxygens (including phenoxy) is 1. The molecule has 128 valence electrons. The predicted octanol–water partition coefficient (Wildman–Crippen LogP) is 2.41. The van der Waals surface area contributed by atoms with Crippen LogP contribution in [0.15, 0.2) is 53.5 Å². The summed E-state index contributed by atoms with van der Waals surface area (Å²) in [5.41, 5.74) is -0.119. The highest BCUT2D eigenvalue weighted by molar-refractivity contribution is 5.75. The highest BCUT2D eigenvalue weighted by atomic mass is 19.4. The first kappa shape index (κ1) is 17.6. The van der Waals surface area contributed by atoms with Gasteiger partial charge in [0.05, 0.1) is 0 Å².